The predicted molar refractivity (Wildman–Crippen MR) is 322 cm³/mol. The van der Waals surface area contributed by atoms with E-state index in [0.29, 0.717) is 72.7 Å². The SMILES string of the molecule is [Ir].c1ccc(Cc2cccc(C(OC(c3cccc(Cc4ccccc4)n3)(c3cccc(Cc4ccccc4)n3)c3cccc(Cc4ccccc4)n3)(c3cccc(Cc4ccccc4)n3)c3cccc(Cc4ccccc4)n3)n2)cc1. The minimum absolute atomic E-state index is 0. The molecular formula is C74H60IrN6O. The number of hydrogen-bond donors (Lipinski definition) is 0. The number of aromatic nitrogens is 6. The fourth-order valence-electron chi connectivity index (χ4n) is 10.8. The van der Waals surface area contributed by atoms with Crippen molar-refractivity contribution in [1.82, 2.24) is 29.9 Å². The molecule has 0 amide bonds. The Balaban J connectivity index is 0.00000705. The predicted octanol–water partition coefficient (Wildman–Crippen LogP) is 14.9. The van der Waals surface area contributed by atoms with Gasteiger partial charge in [-0.15, -0.1) is 0 Å². The van der Waals surface area contributed by atoms with Gasteiger partial charge in [0, 0.05) is 92.8 Å². The van der Waals surface area contributed by atoms with Crippen LogP contribution in [0.4, 0.5) is 0 Å². The van der Waals surface area contributed by atoms with Crippen molar-refractivity contribution < 1.29 is 24.8 Å². The Kier molecular flexibility index (Phi) is 17.3. The monoisotopic (exact) mass is 1240 g/mol. The summed E-state index contributed by atoms with van der Waals surface area (Å²) in [5.74, 6) is 0. The number of nitrogens with zero attached hydrogens (tertiary/aromatic N) is 6. The Morgan fingerprint density at radius 1 is 0.195 bits per heavy atom. The van der Waals surface area contributed by atoms with Crippen molar-refractivity contribution in [1.29, 1.82) is 0 Å². The minimum atomic E-state index is -1.70. The van der Waals surface area contributed by atoms with E-state index in [2.05, 4.69) is 255 Å². The van der Waals surface area contributed by atoms with Crippen LogP contribution in [0.5, 0.6) is 0 Å². The Morgan fingerprint density at radius 2 is 0.354 bits per heavy atom. The van der Waals surface area contributed by atoms with E-state index >= 15 is 0 Å². The molecule has 0 aliphatic carbocycles. The van der Waals surface area contributed by atoms with Gasteiger partial charge in [-0.3, -0.25) is 29.9 Å². The molecule has 6 aromatic carbocycles. The van der Waals surface area contributed by atoms with Gasteiger partial charge in [-0.2, -0.15) is 0 Å². The number of pyridine rings is 6. The van der Waals surface area contributed by atoms with E-state index in [0.717, 1.165) is 67.5 Å². The molecule has 0 saturated carbocycles. The standard InChI is InChI=1S/C74H60N6O.Ir/c1-7-25-55(26-8-1)49-61-37-19-43-67(75-61)73(68-44-20-38-62(76-68)50-56-27-9-2-10-28-56,69-45-21-39-63(77-69)51-57-29-11-3-12-30-57)81-74(70-46-22-40-64(78-70)52-58-31-13-4-14-32-58,71-47-23-41-65(79-71)53-59-33-15-5-16-34-59)72-48-24-42-66(80-72)54-60-35-17-6-18-36-60;/h1-48H,49-54H2;. The fraction of sp³-hybridized carbons (Fsp3) is 0.108. The molecule has 12 rings (SSSR count). The average molecular weight is 1240 g/mol. The van der Waals surface area contributed by atoms with Gasteiger partial charge in [0.1, 0.15) is 0 Å². The van der Waals surface area contributed by atoms with Gasteiger partial charge in [0.15, 0.2) is 11.2 Å². The molecule has 7 nitrogen and oxygen atoms in total. The van der Waals surface area contributed by atoms with Crippen LogP contribution >= 0.6 is 0 Å². The van der Waals surface area contributed by atoms with Crippen molar-refractivity contribution in [3.8, 4) is 0 Å². The van der Waals surface area contributed by atoms with Gasteiger partial charge >= 0.3 is 0 Å². The molecule has 1 radical (unpaired) electrons. The molecule has 6 heterocycles. The van der Waals surface area contributed by atoms with Gasteiger partial charge in [0.2, 0.25) is 0 Å². The molecule has 0 atom stereocenters. The van der Waals surface area contributed by atoms with E-state index in [-0.39, 0.29) is 20.1 Å². The van der Waals surface area contributed by atoms with Crippen LogP contribution in [0.1, 0.15) is 102 Å². The van der Waals surface area contributed by atoms with Crippen LogP contribution in [-0.2, 0) is 74.6 Å². The first-order valence-electron chi connectivity index (χ1n) is 27.8. The quantitative estimate of drug-likeness (QED) is 0.0751. The average Bonchev–Trinajstić information content (AvgIpc) is 2.36. The van der Waals surface area contributed by atoms with Crippen LogP contribution < -0.4 is 0 Å². The van der Waals surface area contributed by atoms with Crippen LogP contribution in [0.3, 0.4) is 0 Å². The first-order valence-corrected chi connectivity index (χ1v) is 27.8. The maximum Gasteiger partial charge on any atom is 0.196 e. The number of ether oxygens (including phenoxy) is 1. The van der Waals surface area contributed by atoms with Crippen LogP contribution in [-0.4, -0.2) is 29.9 Å². The minimum Gasteiger partial charge on any atom is -0.330 e. The summed E-state index contributed by atoms with van der Waals surface area (Å²) >= 11 is 0. The second-order valence-corrected chi connectivity index (χ2v) is 20.5. The molecule has 8 heteroatoms. The van der Waals surface area contributed by atoms with Crippen molar-refractivity contribution in [3.05, 3.63) is 393 Å². The zero-order valence-electron chi connectivity index (χ0n) is 45.4. The molecule has 0 aliphatic rings. The summed E-state index contributed by atoms with van der Waals surface area (Å²) in [5, 5.41) is 0. The van der Waals surface area contributed by atoms with E-state index in [9.17, 15) is 0 Å². The fourth-order valence-corrected chi connectivity index (χ4v) is 10.8. The summed E-state index contributed by atoms with van der Waals surface area (Å²) < 4.78 is 8.80. The summed E-state index contributed by atoms with van der Waals surface area (Å²) in [6.07, 6.45) is 3.46. The third-order valence-corrected chi connectivity index (χ3v) is 14.7. The van der Waals surface area contributed by atoms with Gasteiger partial charge in [-0.25, -0.2) is 0 Å². The Bertz CT molecular complexity index is 3310. The molecule has 6 aromatic heterocycles. The number of hydrogen-bond acceptors (Lipinski definition) is 7. The second kappa shape index (κ2) is 26.0. The van der Waals surface area contributed by atoms with Gasteiger partial charge in [0.25, 0.3) is 0 Å². The van der Waals surface area contributed by atoms with E-state index in [1.807, 2.05) is 36.4 Å². The van der Waals surface area contributed by atoms with Crippen LogP contribution in [0.2, 0.25) is 0 Å². The molecule has 12 aromatic rings. The molecule has 0 saturated heterocycles. The molecule has 82 heavy (non-hydrogen) atoms. The van der Waals surface area contributed by atoms with Gasteiger partial charge in [-0.05, 0) is 106 Å². The van der Waals surface area contributed by atoms with E-state index < -0.39 is 11.2 Å². The summed E-state index contributed by atoms with van der Waals surface area (Å²) in [6, 6.07) is 100. The largest absolute Gasteiger partial charge is 0.330 e. The summed E-state index contributed by atoms with van der Waals surface area (Å²) in [7, 11) is 0. The van der Waals surface area contributed by atoms with Gasteiger partial charge in [-0.1, -0.05) is 218 Å². The van der Waals surface area contributed by atoms with E-state index in [1.54, 1.807) is 0 Å². The molecule has 0 N–H and O–H groups in total. The van der Waals surface area contributed by atoms with Crippen LogP contribution in [0.15, 0.2) is 291 Å². The molecule has 0 unspecified atom stereocenters. The second-order valence-electron chi connectivity index (χ2n) is 20.5. The molecule has 0 bridgehead atoms. The van der Waals surface area contributed by atoms with Crippen molar-refractivity contribution in [3.63, 3.8) is 0 Å². The summed E-state index contributed by atoms with van der Waals surface area (Å²) in [4.78, 5) is 34.4. The van der Waals surface area contributed by atoms with E-state index in [4.69, 9.17) is 34.6 Å². The summed E-state index contributed by atoms with van der Waals surface area (Å²) in [6.45, 7) is 0. The first kappa shape index (κ1) is 54.8. The first-order chi connectivity index (χ1) is 40.0. The zero-order chi connectivity index (χ0) is 54.5. The summed E-state index contributed by atoms with van der Waals surface area (Å²) in [5.41, 5.74) is 12.1. The maximum absolute atomic E-state index is 8.80. The Morgan fingerprint density at radius 3 is 0.512 bits per heavy atom. The van der Waals surface area contributed by atoms with Crippen LogP contribution in [0, 0.1) is 0 Å². The molecule has 401 valence electrons. The smallest absolute Gasteiger partial charge is 0.196 e. The number of benzene rings is 6. The van der Waals surface area contributed by atoms with E-state index in [1.165, 1.54) is 0 Å². The molecule has 0 aliphatic heterocycles. The normalized spacial score (nSPS) is 11.4. The van der Waals surface area contributed by atoms with Crippen molar-refractivity contribution in [2.24, 2.45) is 0 Å². The third kappa shape index (κ3) is 12.7. The molecule has 0 fully saturated rings. The number of rotatable bonds is 20. The Hall–Kier alpha value is -9.17. The zero-order valence-corrected chi connectivity index (χ0v) is 47.8. The molecule has 0 spiro atoms. The van der Waals surface area contributed by atoms with Crippen LogP contribution in [0.25, 0.3) is 0 Å². The topological polar surface area (TPSA) is 86.6 Å². The van der Waals surface area contributed by atoms with Gasteiger partial charge < -0.3 is 4.74 Å². The van der Waals surface area contributed by atoms with Crippen molar-refractivity contribution in [2.75, 3.05) is 0 Å². The van der Waals surface area contributed by atoms with Crippen molar-refractivity contribution in [2.45, 2.75) is 49.7 Å². The van der Waals surface area contributed by atoms with Gasteiger partial charge in [0.05, 0.1) is 34.2 Å². The Labute approximate surface area is 494 Å². The molecular weight excluding hydrogens is 1180 g/mol. The third-order valence-electron chi connectivity index (χ3n) is 14.7. The maximum atomic E-state index is 8.80. The van der Waals surface area contributed by atoms with Crippen molar-refractivity contribution >= 4 is 0 Å².